The third kappa shape index (κ3) is 3.46. The van der Waals surface area contributed by atoms with Crippen molar-refractivity contribution in [2.75, 3.05) is 13.6 Å². The zero-order valence-corrected chi connectivity index (χ0v) is 13.9. The molecule has 5 heteroatoms. The Morgan fingerprint density at radius 2 is 1.96 bits per heavy atom. The number of amides is 1. The van der Waals surface area contributed by atoms with E-state index < -0.39 is 6.10 Å². The SMILES string of the molecule is Cc1cn2cc(C(=O)N(C)CC[C@H](O)c3ccccc3)ccc2n1. The molecule has 2 heterocycles. The molecule has 0 saturated carbocycles. The Bertz CT molecular complexity index is 842. The zero-order valence-electron chi connectivity index (χ0n) is 13.9. The molecule has 5 nitrogen and oxygen atoms in total. The fourth-order valence-electron chi connectivity index (χ4n) is 2.72. The lowest BCUT2D eigenvalue weighted by Crippen LogP contribution is -2.28. The molecule has 0 fully saturated rings. The summed E-state index contributed by atoms with van der Waals surface area (Å²) in [6, 6.07) is 13.1. The number of carbonyl (C=O) groups excluding carboxylic acids is 1. The Hall–Kier alpha value is -2.66. The van der Waals surface area contributed by atoms with E-state index in [4.69, 9.17) is 0 Å². The van der Waals surface area contributed by atoms with Gasteiger partial charge in [0, 0.05) is 26.0 Å². The number of pyridine rings is 1. The first kappa shape index (κ1) is 16.2. The second-order valence-electron chi connectivity index (χ2n) is 6.01. The smallest absolute Gasteiger partial charge is 0.255 e. The molecule has 2 aromatic heterocycles. The van der Waals surface area contributed by atoms with Crippen molar-refractivity contribution in [3.05, 3.63) is 71.7 Å². The number of aliphatic hydroxyl groups is 1. The molecule has 0 radical (unpaired) electrons. The summed E-state index contributed by atoms with van der Waals surface area (Å²) in [6.07, 6.45) is 3.62. The van der Waals surface area contributed by atoms with Crippen LogP contribution >= 0.6 is 0 Å². The average Bonchev–Trinajstić information content (AvgIpc) is 2.98. The molecule has 24 heavy (non-hydrogen) atoms. The van der Waals surface area contributed by atoms with Gasteiger partial charge >= 0.3 is 0 Å². The molecule has 1 atom stereocenters. The standard InChI is InChI=1S/C19H21N3O2/c1-14-12-22-13-16(8-9-18(22)20-14)19(24)21(2)11-10-17(23)15-6-4-3-5-7-15/h3-9,12-13,17,23H,10-11H2,1-2H3/t17-/m0/s1. The van der Waals surface area contributed by atoms with E-state index in [0.29, 0.717) is 18.5 Å². The van der Waals surface area contributed by atoms with Crippen LogP contribution in [0.1, 0.15) is 34.1 Å². The summed E-state index contributed by atoms with van der Waals surface area (Å²) in [7, 11) is 1.75. The van der Waals surface area contributed by atoms with Gasteiger partial charge in [-0.3, -0.25) is 4.79 Å². The van der Waals surface area contributed by atoms with Crippen molar-refractivity contribution in [2.24, 2.45) is 0 Å². The van der Waals surface area contributed by atoms with Gasteiger partial charge in [-0.15, -0.1) is 0 Å². The maximum Gasteiger partial charge on any atom is 0.255 e. The highest BCUT2D eigenvalue weighted by Gasteiger charge is 2.15. The molecule has 0 saturated heterocycles. The third-order valence-corrected chi connectivity index (χ3v) is 4.09. The lowest BCUT2D eigenvalue weighted by atomic mass is 10.1. The predicted molar refractivity (Wildman–Crippen MR) is 92.9 cm³/mol. The number of hydrogen-bond donors (Lipinski definition) is 1. The lowest BCUT2D eigenvalue weighted by Gasteiger charge is -2.19. The van der Waals surface area contributed by atoms with Crippen LogP contribution in [0.4, 0.5) is 0 Å². The van der Waals surface area contributed by atoms with Gasteiger partial charge < -0.3 is 14.4 Å². The number of fused-ring (bicyclic) bond motifs is 1. The number of aryl methyl sites for hydroxylation is 1. The van der Waals surface area contributed by atoms with Crippen molar-refractivity contribution in [2.45, 2.75) is 19.4 Å². The van der Waals surface area contributed by atoms with E-state index in [2.05, 4.69) is 4.98 Å². The van der Waals surface area contributed by atoms with Gasteiger partial charge in [0.25, 0.3) is 5.91 Å². The number of imidazole rings is 1. The second-order valence-corrected chi connectivity index (χ2v) is 6.01. The van der Waals surface area contributed by atoms with Gasteiger partial charge in [0.1, 0.15) is 5.65 Å². The molecule has 3 aromatic rings. The van der Waals surface area contributed by atoms with Crippen LogP contribution < -0.4 is 0 Å². The molecular formula is C19H21N3O2. The van der Waals surface area contributed by atoms with Crippen molar-refractivity contribution in [3.63, 3.8) is 0 Å². The van der Waals surface area contributed by atoms with Crippen LogP contribution in [0.25, 0.3) is 5.65 Å². The molecular weight excluding hydrogens is 302 g/mol. The Morgan fingerprint density at radius 1 is 1.21 bits per heavy atom. The number of aromatic nitrogens is 2. The molecule has 0 unspecified atom stereocenters. The molecule has 1 amide bonds. The summed E-state index contributed by atoms with van der Waals surface area (Å²) < 4.78 is 1.86. The minimum atomic E-state index is -0.569. The number of hydrogen-bond acceptors (Lipinski definition) is 3. The topological polar surface area (TPSA) is 57.8 Å². The number of rotatable bonds is 5. The number of nitrogens with zero attached hydrogens (tertiary/aromatic N) is 3. The van der Waals surface area contributed by atoms with E-state index in [1.54, 1.807) is 24.2 Å². The quantitative estimate of drug-likeness (QED) is 0.785. The first-order valence-electron chi connectivity index (χ1n) is 7.98. The number of carbonyl (C=O) groups is 1. The highest BCUT2D eigenvalue weighted by atomic mass is 16.3. The Balaban J connectivity index is 1.65. The lowest BCUT2D eigenvalue weighted by molar-refractivity contribution is 0.0760. The largest absolute Gasteiger partial charge is 0.388 e. The number of benzene rings is 1. The summed E-state index contributed by atoms with van der Waals surface area (Å²) in [5.74, 6) is -0.0662. The highest BCUT2D eigenvalue weighted by molar-refractivity contribution is 5.94. The first-order valence-corrected chi connectivity index (χ1v) is 7.98. The fraction of sp³-hybridized carbons (Fsp3) is 0.263. The second kappa shape index (κ2) is 6.84. The molecule has 1 N–H and O–H groups in total. The number of aliphatic hydroxyl groups excluding tert-OH is 1. The van der Waals surface area contributed by atoms with Crippen LogP contribution in [0.15, 0.2) is 54.9 Å². The van der Waals surface area contributed by atoms with Crippen LogP contribution in [0.5, 0.6) is 0 Å². The van der Waals surface area contributed by atoms with Crippen molar-refractivity contribution in [1.29, 1.82) is 0 Å². The fourth-order valence-corrected chi connectivity index (χ4v) is 2.72. The Morgan fingerprint density at radius 3 is 2.71 bits per heavy atom. The molecule has 0 aliphatic rings. The summed E-state index contributed by atoms with van der Waals surface area (Å²) in [6.45, 7) is 2.40. The van der Waals surface area contributed by atoms with Crippen LogP contribution in [-0.2, 0) is 0 Å². The molecule has 3 rings (SSSR count). The summed E-state index contributed by atoms with van der Waals surface area (Å²) in [4.78, 5) is 18.5. The molecule has 0 bridgehead atoms. The van der Waals surface area contributed by atoms with Crippen LogP contribution in [0.3, 0.4) is 0 Å². The van der Waals surface area contributed by atoms with Crippen molar-refractivity contribution in [1.82, 2.24) is 14.3 Å². The van der Waals surface area contributed by atoms with Crippen LogP contribution in [0.2, 0.25) is 0 Å². The zero-order chi connectivity index (χ0) is 17.1. The third-order valence-electron chi connectivity index (χ3n) is 4.09. The van der Waals surface area contributed by atoms with Crippen LogP contribution in [0, 0.1) is 6.92 Å². The summed E-state index contributed by atoms with van der Waals surface area (Å²) in [5.41, 5.74) is 3.22. The van der Waals surface area contributed by atoms with Crippen molar-refractivity contribution >= 4 is 11.6 Å². The molecule has 0 aliphatic heterocycles. The minimum Gasteiger partial charge on any atom is -0.388 e. The van der Waals surface area contributed by atoms with Crippen molar-refractivity contribution < 1.29 is 9.90 Å². The molecule has 0 aliphatic carbocycles. The van der Waals surface area contributed by atoms with E-state index in [1.807, 2.05) is 53.9 Å². The van der Waals surface area contributed by atoms with E-state index >= 15 is 0 Å². The highest BCUT2D eigenvalue weighted by Crippen LogP contribution is 2.17. The summed E-state index contributed by atoms with van der Waals surface area (Å²) in [5, 5.41) is 10.2. The molecule has 1 aromatic carbocycles. The van der Waals surface area contributed by atoms with Gasteiger partial charge in [-0.1, -0.05) is 30.3 Å². The van der Waals surface area contributed by atoms with Gasteiger partial charge in [0.15, 0.2) is 0 Å². The molecule has 124 valence electrons. The monoisotopic (exact) mass is 323 g/mol. The van der Waals surface area contributed by atoms with Gasteiger partial charge in [-0.05, 0) is 31.0 Å². The maximum atomic E-state index is 12.6. The summed E-state index contributed by atoms with van der Waals surface area (Å²) >= 11 is 0. The maximum absolute atomic E-state index is 12.6. The Kier molecular flexibility index (Phi) is 4.62. The normalized spacial score (nSPS) is 12.3. The van der Waals surface area contributed by atoms with Gasteiger partial charge in [-0.25, -0.2) is 4.98 Å². The van der Waals surface area contributed by atoms with Gasteiger partial charge in [0.2, 0.25) is 0 Å². The van der Waals surface area contributed by atoms with Crippen molar-refractivity contribution in [3.8, 4) is 0 Å². The first-order chi connectivity index (χ1) is 11.5. The van der Waals surface area contributed by atoms with Crippen LogP contribution in [-0.4, -0.2) is 38.9 Å². The van der Waals surface area contributed by atoms with E-state index in [1.165, 1.54) is 0 Å². The Labute approximate surface area is 141 Å². The minimum absolute atomic E-state index is 0.0662. The van der Waals surface area contributed by atoms with E-state index in [9.17, 15) is 9.90 Å². The van der Waals surface area contributed by atoms with Gasteiger partial charge in [-0.2, -0.15) is 0 Å². The van der Waals surface area contributed by atoms with E-state index in [-0.39, 0.29) is 5.91 Å². The molecule has 0 spiro atoms. The predicted octanol–water partition coefficient (Wildman–Crippen LogP) is 2.84. The average molecular weight is 323 g/mol. The van der Waals surface area contributed by atoms with Gasteiger partial charge in [0.05, 0.1) is 17.4 Å². The van der Waals surface area contributed by atoms with E-state index in [0.717, 1.165) is 16.9 Å².